The number of rotatable bonds is 3. The van der Waals surface area contributed by atoms with E-state index in [0.29, 0.717) is 5.92 Å². The monoisotopic (exact) mass is 332 g/mol. The number of nitrogens with one attached hydrogen (secondary N) is 1. The molecular formula is C15H17BrN4. The summed E-state index contributed by atoms with van der Waals surface area (Å²) in [5.74, 6) is 1.43. The van der Waals surface area contributed by atoms with Gasteiger partial charge >= 0.3 is 0 Å². The van der Waals surface area contributed by atoms with Crippen LogP contribution >= 0.6 is 15.9 Å². The normalized spacial score (nSPS) is 17.8. The first kappa shape index (κ1) is 13.6. The van der Waals surface area contributed by atoms with Crippen molar-refractivity contribution < 1.29 is 0 Å². The van der Waals surface area contributed by atoms with Gasteiger partial charge < -0.3 is 5.32 Å². The van der Waals surface area contributed by atoms with Gasteiger partial charge in [-0.25, -0.2) is 9.97 Å². The molecule has 0 amide bonds. The van der Waals surface area contributed by atoms with Gasteiger partial charge in [0.2, 0.25) is 0 Å². The average molecular weight is 333 g/mol. The molecule has 20 heavy (non-hydrogen) atoms. The number of pyridine rings is 1. The summed E-state index contributed by atoms with van der Waals surface area (Å²) in [6.45, 7) is 1.06. The quantitative estimate of drug-likeness (QED) is 0.938. The van der Waals surface area contributed by atoms with Crippen LogP contribution in [0.15, 0.2) is 29.0 Å². The zero-order chi connectivity index (χ0) is 13.9. The largest absolute Gasteiger partial charge is 0.319 e. The molecule has 1 atom stereocenters. The zero-order valence-electron chi connectivity index (χ0n) is 11.4. The van der Waals surface area contributed by atoms with Crippen LogP contribution in [-0.2, 0) is 12.8 Å². The molecule has 0 saturated heterocycles. The van der Waals surface area contributed by atoms with Crippen LogP contribution in [0, 0.1) is 5.92 Å². The van der Waals surface area contributed by atoms with E-state index in [1.54, 1.807) is 6.20 Å². The molecule has 2 aromatic rings. The molecule has 3 rings (SSSR count). The molecule has 0 bridgehead atoms. The van der Waals surface area contributed by atoms with Crippen molar-refractivity contribution in [3.8, 4) is 11.5 Å². The summed E-state index contributed by atoms with van der Waals surface area (Å²) in [5, 5.41) is 3.26. The van der Waals surface area contributed by atoms with Crippen LogP contribution in [0.5, 0.6) is 0 Å². The summed E-state index contributed by atoms with van der Waals surface area (Å²) in [7, 11) is 2.01. The maximum Gasteiger partial charge on any atom is 0.178 e. The summed E-state index contributed by atoms with van der Waals surface area (Å²) in [4.78, 5) is 13.5. The number of hydrogen-bond acceptors (Lipinski definition) is 4. The van der Waals surface area contributed by atoms with Crippen molar-refractivity contribution in [1.29, 1.82) is 0 Å². The first-order chi connectivity index (χ1) is 9.76. The molecule has 0 aliphatic heterocycles. The second-order valence-electron chi connectivity index (χ2n) is 5.19. The molecule has 0 fully saturated rings. The molecule has 0 spiro atoms. The van der Waals surface area contributed by atoms with E-state index in [1.165, 1.54) is 17.7 Å². The van der Waals surface area contributed by atoms with E-state index in [4.69, 9.17) is 4.98 Å². The number of aryl methyl sites for hydroxylation is 1. The summed E-state index contributed by atoms with van der Waals surface area (Å²) < 4.78 is 0.967. The molecule has 104 valence electrons. The van der Waals surface area contributed by atoms with E-state index in [0.717, 1.165) is 35.4 Å². The highest BCUT2D eigenvalue weighted by Crippen LogP contribution is 2.25. The van der Waals surface area contributed by atoms with Crippen molar-refractivity contribution in [1.82, 2.24) is 20.3 Å². The Morgan fingerprint density at radius 1 is 1.30 bits per heavy atom. The van der Waals surface area contributed by atoms with Gasteiger partial charge in [-0.3, -0.25) is 4.98 Å². The molecule has 1 aliphatic rings. The number of nitrogens with zero attached hydrogens (tertiary/aromatic N) is 3. The van der Waals surface area contributed by atoms with E-state index < -0.39 is 0 Å². The highest BCUT2D eigenvalue weighted by Gasteiger charge is 2.20. The van der Waals surface area contributed by atoms with Crippen molar-refractivity contribution in [3.05, 3.63) is 40.3 Å². The molecule has 1 unspecified atom stereocenters. The summed E-state index contributed by atoms with van der Waals surface area (Å²) in [6, 6.07) is 3.91. The van der Waals surface area contributed by atoms with Crippen molar-refractivity contribution >= 4 is 15.9 Å². The number of hydrogen-bond donors (Lipinski definition) is 1. The molecular weight excluding hydrogens is 316 g/mol. The minimum absolute atomic E-state index is 0.702. The fourth-order valence-electron chi connectivity index (χ4n) is 2.68. The minimum atomic E-state index is 0.702. The van der Waals surface area contributed by atoms with Gasteiger partial charge in [0.05, 0.1) is 0 Å². The van der Waals surface area contributed by atoms with Crippen molar-refractivity contribution in [2.75, 3.05) is 13.6 Å². The molecule has 5 heteroatoms. The Hall–Kier alpha value is -1.33. The Bertz CT molecular complexity index is 597. The van der Waals surface area contributed by atoms with Gasteiger partial charge in [0.1, 0.15) is 5.69 Å². The van der Waals surface area contributed by atoms with Crippen molar-refractivity contribution in [3.63, 3.8) is 0 Å². The Morgan fingerprint density at radius 2 is 2.20 bits per heavy atom. The Labute approximate surface area is 127 Å². The number of fused-ring (bicyclic) bond motifs is 1. The summed E-state index contributed by atoms with van der Waals surface area (Å²) in [6.07, 6.45) is 7.06. The van der Waals surface area contributed by atoms with Crippen LogP contribution in [0.2, 0.25) is 0 Å². The van der Waals surface area contributed by atoms with Gasteiger partial charge in [0, 0.05) is 22.6 Å². The molecule has 0 aromatic carbocycles. The van der Waals surface area contributed by atoms with Gasteiger partial charge in [-0.05, 0) is 72.4 Å². The summed E-state index contributed by atoms with van der Waals surface area (Å²) >= 11 is 3.39. The first-order valence-electron chi connectivity index (χ1n) is 6.87. The lowest BCUT2D eigenvalue weighted by Crippen LogP contribution is -2.25. The highest BCUT2D eigenvalue weighted by molar-refractivity contribution is 9.10. The van der Waals surface area contributed by atoms with Crippen molar-refractivity contribution in [2.45, 2.75) is 19.3 Å². The molecule has 2 heterocycles. The number of aromatic nitrogens is 3. The topological polar surface area (TPSA) is 50.7 Å². The van der Waals surface area contributed by atoms with E-state index in [2.05, 4.69) is 31.2 Å². The predicted octanol–water partition coefficient (Wildman–Crippen LogP) is 2.63. The zero-order valence-corrected chi connectivity index (χ0v) is 13.0. The highest BCUT2D eigenvalue weighted by atomic mass is 79.9. The summed E-state index contributed by atoms with van der Waals surface area (Å²) in [5.41, 5.74) is 3.30. The lowest BCUT2D eigenvalue weighted by atomic mass is 9.87. The third-order valence-corrected chi connectivity index (χ3v) is 4.17. The first-order valence-corrected chi connectivity index (χ1v) is 7.67. The minimum Gasteiger partial charge on any atom is -0.319 e. The van der Waals surface area contributed by atoms with E-state index in [-0.39, 0.29) is 0 Å². The van der Waals surface area contributed by atoms with Crippen molar-refractivity contribution in [2.24, 2.45) is 5.92 Å². The molecule has 4 nitrogen and oxygen atoms in total. The third-order valence-electron chi connectivity index (χ3n) is 3.70. The third kappa shape index (κ3) is 2.88. The smallest absolute Gasteiger partial charge is 0.178 e. The van der Waals surface area contributed by atoms with Crippen LogP contribution in [-0.4, -0.2) is 28.5 Å². The van der Waals surface area contributed by atoms with Crippen LogP contribution in [0.25, 0.3) is 11.5 Å². The SMILES string of the molecule is CNCC1CCc2nc(-c3ccc(Br)cn3)ncc2C1. The van der Waals surface area contributed by atoms with Gasteiger partial charge in [-0.15, -0.1) is 0 Å². The Kier molecular flexibility index (Phi) is 4.08. The second-order valence-corrected chi connectivity index (χ2v) is 6.11. The van der Waals surface area contributed by atoms with Crippen LogP contribution < -0.4 is 5.32 Å². The molecule has 1 N–H and O–H groups in total. The standard InChI is InChI=1S/C15H17BrN4/c1-17-7-10-2-4-13-11(6-10)8-19-15(20-13)14-5-3-12(16)9-18-14/h3,5,8-10,17H,2,4,6-7H2,1H3. The fourth-order valence-corrected chi connectivity index (χ4v) is 2.91. The van der Waals surface area contributed by atoms with Gasteiger partial charge in [0.25, 0.3) is 0 Å². The maximum atomic E-state index is 4.70. The Morgan fingerprint density at radius 3 is 2.95 bits per heavy atom. The van der Waals surface area contributed by atoms with Crippen LogP contribution in [0.4, 0.5) is 0 Å². The lowest BCUT2D eigenvalue weighted by Gasteiger charge is -2.23. The van der Waals surface area contributed by atoms with E-state index in [9.17, 15) is 0 Å². The van der Waals surface area contributed by atoms with Gasteiger partial charge in [-0.1, -0.05) is 0 Å². The van der Waals surface area contributed by atoms with E-state index in [1.807, 2.05) is 25.4 Å². The Balaban J connectivity index is 1.85. The molecule has 0 saturated carbocycles. The molecule has 0 radical (unpaired) electrons. The second kappa shape index (κ2) is 5.97. The predicted molar refractivity (Wildman–Crippen MR) is 82.4 cm³/mol. The average Bonchev–Trinajstić information content (AvgIpc) is 2.48. The van der Waals surface area contributed by atoms with Crippen LogP contribution in [0.3, 0.4) is 0 Å². The fraction of sp³-hybridized carbons (Fsp3) is 0.400. The van der Waals surface area contributed by atoms with E-state index >= 15 is 0 Å². The molecule has 1 aliphatic carbocycles. The maximum absolute atomic E-state index is 4.70. The molecule has 2 aromatic heterocycles. The van der Waals surface area contributed by atoms with Gasteiger partial charge in [0.15, 0.2) is 5.82 Å². The number of halogens is 1. The van der Waals surface area contributed by atoms with Crippen LogP contribution in [0.1, 0.15) is 17.7 Å². The lowest BCUT2D eigenvalue weighted by molar-refractivity contribution is 0.434. The van der Waals surface area contributed by atoms with Gasteiger partial charge in [-0.2, -0.15) is 0 Å².